The van der Waals surface area contributed by atoms with E-state index in [1.54, 1.807) is 0 Å². The predicted molar refractivity (Wildman–Crippen MR) is 62.1 cm³/mol. The fourth-order valence-corrected chi connectivity index (χ4v) is 1.66. The third-order valence-electron chi connectivity index (χ3n) is 2.60. The Balaban J connectivity index is 2.78. The van der Waals surface area contributed by atoms with Crippen molar-refractivity contribution in [3.8, 4) is 0 Å². The van der Waals surface area contributed by atoms with Gasteiger partial charge in [-0.25, -0.2) is 0 Å². The molecule has 0 aromatic heterocycles. The maximum atomic E-state index is 7.01. The summed E-state index contributed by atoms with van der Waals surface area (Å²) < 4.78 is 7.01. The van der Waals surface area contributed by atoms with Crippen LogP contribution in [0.15, 0.2) is 0 Å². The standard InChI is InChI=1S/C13H28/c1-3-5-7-9-11-13-12-10-8-6-4-2/h3-13H2,1-2H3/i1D. The molecule has 0 saturated carbocycles. The maximum absolute atomic E-state index is 7.01. The molecule has 0 bridgehead atoms. The quantitative estimate of drug-likeness (QED) is 0.404. The minimum absolute atomic E-state index is 0.622. The largest absolute Gasteiger partial charge is 0.0654 e. The Labute approximate surface area is 86.5 Å². The number of unbranched alkanes of at least 4 members (excludes halogenated alkanes) is 10. The number of hydrogen-bond acceptors (Lipinski definition) is 0. The summed E-state index contributed by atoms with van der Waals surface area (Å²) in [6.07, 6.45) is 15.1. The average Bonchev–Trinajstić information content (AvgIpc) is 2.21. The summed E-state index contributed by atoms with van der Waals surface area (Å²) in [5.74, 6) is 0. The van der Waals surface area contributed by atoms with Gasteiger partial charge in [0.25, 0.3) is 0 Å². The van der Waals surface area contributed by atoms with Crippen molar-refractivity contribution >= 4 is 0 Å². The van der Waals surface area contributed by atoms with Crippen molar-refractivity contribution in [2.75, 3.05) is 0 Å². The summed E-state index contributed by atoms with van der Waals surface area (Å²) in [4.78, 5) is 0. The van der Waals surface area contributed by atoms with Gasteiger partial charge in [0.1, 0.15) is 0 Å². The first-order chi connectivity index (χ1) is 6.91. The van der Waals surface area contributed by atoms with Gasteiger partial charge < -0.3 is 0 Å². The van der Waals surface area contributed by atoms with E-state index in [2.05, 4.69) is 6.92 Å². The Kier molecular flexibility index (Phi) is 10.2. The molecule has 0 fully saturated rings. The van der Waals surface area contributed by atoms with Gasteiger partial charge in [0.2, 0.25) is 0 Å². The molecule has 0 aromatic carbocycles. The lowest BCUT2D eigenvalue weighted by Crippen LogP contribution is -1.80. The van der Waals surface area contributed by atoms with Crippen LogP contribution in [0.4, 0.5) is 0 Å². The highest BCUT2D eigenvalue weighted by molar-refractivity contribution is 4.46. The summed E-state index contributed by atoms with van der Waals surface area (Å²) in [6, 6.07) is 0. The van der Waals surface area contributed by atoms with Gasteiger partial charge in [-0.3, -0.25) is 0 Å². The van der Waals surface area contributed by atoms with E-state index in [1.165, 1.54) is 64.2 Å². The molecule has 0 atom stereocenters. The lowest BCUT2D eigenvalue weighted by molar-refractivity contribution is 0.554. The summed E-state index contributed by atoms with van der Waals surface area (Å²) in [5.41, 5.74) is 0. The van der Waals surface area contributed by atoms with E-state index in [4.69, 9.17) is 1.37 Å². The number of hydrogen-bond donors (Lipinski definition) is 0. The second-order valence-electron chi connectivity index (χ2n) is 4.04. The summed E-state index contributed by atoms with van der Waals surface area (Å²) in [6.45, 7) is 2.89. The van der Waals surface area contributed by atoms with Crippen LogP contribution in [0.3, 0.4) is 0 Å². The SMILES string of the molecule is [2H]CCCCCCCCCCCCC. The van der Waals surface area contributed by atoms with Crippen molar-refractivity contribution in [1.82, 2.24) is 0 Å². The maximum Gasteiger partial charge on any atom is 0.0230 e. The molecule has 13 heavy (non-hydrogen) atoms. The van der Waals surface area contributed by atoms with Gasteiger partial charge >= 0.3 is 0 Å². The Morgan fingerprint density at radius 3 is 1.38 bits per heavy atom. The lowest BCUT2D eigenvalue weighted by Gasteiger charge is -2.00. The van der Waals surface area contributed by atoms with Crippen LogP contribution in [-0.2, 0) is 0 Å². The van der Waals surface area contributed by atoms with Crippen LogP contribution in [0.1, 0.15) is 85.8 Å². The van der Waals surface area contributed by atoms with Crippen LogP contribution in [0, 0.1) is 0 Å². The fourth-order valence-electron chi connectivity index (χ4n) is 1.66. The Morgan fingerprint density at radius 1 is 0.615 bits per heavy atom. The van der Waals surface area contributed by atoms with Crippen LogP contribution in [-0.4, -0.2) is 0 Å². The first-order valence-electron chi connectivity index (χ1n) is 6.91. The molecule has 80 valence electrons. The summed E-state index contributed by atoms with van der Waals surface area (Å²) in [5, 5.41) is 0. The van der Waals surface area contributed by atoms with Crippen LogP contribution in [0.25, 0.3) is 0 Å². The third-order valence-corrected chi connectivity index (χ3v) is 2.60. The molecule has 0 amide bonds. The van der Waals surface area contributed by atoms with Gasteiger partial charge in [0.15, 0.2) is 0 Å². The van der Waals surface area contributed by atoms with E-state index in [0.29, 0.717) is 6.90 Å². The second kappa shape index (κ2) is 12.0. The zero-order valence-corrected chi connectivity index (χ0v) is 9.49. The van der Waals surface area contributed by atoms with Crippen molar-refractivity contribution in [1.29, 1.82) is 0 Å². The van der Waals surface area contributed by atoms with Gasteiger partial charge in [-0.15, -0.1) is 0 Å². The fraction of sp³-hybridized carbons (Fsp3) is 1.00. The van der Waals surface area contributed by atoms with Crippen LogP contribution >= 0.6 is 0 Å². The van der Waals surface area contributed by atoms with Crippen molar-refractivity contribution in [2.45, 2.75) is 84.5 Å². The second-order valence-corrected chi connectivity index (χ2v) is 4.04. The van der Waals surface area contributed by atoms with Gasteiger partial charge in [-0.1, -0.05) is 84.5 Å². The predicted octanol–water partition coefficient (Wildman–Crippen LogP) is 5.32. The highest BCUT2D eigenvalue weighted by Crippen LogP contribution is 2.10. The van der Waals surface area contributed by atoms with E-state index in [-0.39, 0.29) is 0 Å². The van der Waals surface area contributed by atoms with Crippen LogP contribution < -0.4 is 0 Å². The van der Waals surface area contributed by atoms with Gasteiger partial charge in [0.05, 0.1) is 0 Å². The molecule has 0 aliphatic rings. The van der Waals surface area contributed by atoms with Crippen molar-refractivity contribution < 1.29 is 1.37 Å². The highest BCUT2D eigenvalue weighted by Gasteiger charge is 1.90. The van der Waals surface area contributed by atoms with Gasteiger partial charge in [-0.2, -0.15) is 0 Å². The monoisotopic (exact) mass is 185 g/mol. The molecule has 0 radical (unpaired) electrons. The van der Waals surface area contributed by atoms with E-state index in [9.17, 15) is 0 Å². The molecule has 0 saturated heterocycles. The Hall–Kier alpha value is 0. The third kappa shape index (κ3) is 12.0. The zero-order valence-electron chi connectivity index (χ0n) is 10.5. The average molecular weight is 185 g/mol. The molecular weight excluding hydrogens is 156 g/mol. The molecule has 0 spiro atoms. The molecule has 0 heterocycles. The lowest BCUT2D eigenvalue weighted by atomic mass is 10.1. The van der Waals surface area contributed by atoms with Crippen LogP contribution in [0.2, 0.25) is 0 Å². The molecule has 0 aliphatic carbocycles. The molecule has 0 unspecified atom stereocenters. The van der Waals surface area contributed by atoms with E-state index in [0.717, 1.165) is 6.42 Å². The molecule has 0 aliphatic heterocycles. The first-order valence-corrected chi connectivity index (χ1v) is 6.21. The number of rotatable bonds is 10. The van der Waals surface area contributed by atoms with Crippen molar-refractivity contribution in [2.24, 2.45) is 0 Å². The van der Waals surface area contributed by atoms with Gasteiger partial charge in [0, 0.05) is 1.37 Å². The normalized spacial score (nSPS) is 11.6. The van der Waals surface area contributed by atoms with Gasteiger partial charge in [-0.05, 0) is 0 Å². The smallest absolute Gasteiger partial charge is 0.0230 e. The Bertz CT molecular complexity index is 79.2. The molecule has 0 aromatic rings. The molecule has 0 rings (SSSR count). The molecule has 0 N–H and O–H groups in total. The zero-order chi connectivity index (χ0) is 10.5. The molecule has 0 heteroatoms. The van der Waals surface area contributed by atoms with E-state index >= 15 is 0 Å². The van der Waals surface area contributed by atoms with Crippen molar-refractivity contribution in [3.63, 3.8) is 0 Å². The summed E-state index contributed by atoms with van der Waals surface area (Å²) >= 11 is 0. The van der Waals surface area contributed by atoms with Crippen LogP contribution in [0.5, 0.6) is 0 Å². The first kappa shape index (κ1) is 11.1. The van der Waals surface area contributed by atoms with Crippen molar-refractivity contribution in [3.05, 3.63) is 0 Å². The molecule has 0 nitrogen and oxygen atoms in total. The minimum atomic E-state index is 0.622. The van der Waals surface area contributed by atoms with E-state index < -0.39 is 0 Å². The summed E-state index contributed by atoms with van der Waals surface area (Å²) in [7, 11) is 0. The highest BCUT2D eigenvalue weighted by atomic mass is 14.0. The Morgan fingerprint density at radius 2 is 1.00 bits per heavy atom. The van der Waals surface area contributed by atoms with E-state index in [1.807, 2.05) is 0 Å². The molecular formula is C13H28. The minimum Gasteiger partial charge on any atom is -0.0654 e. The topological polar surface area (TPSA) is 0 Å².